The number of carbonyl (C=O) groups excluding carboxylic acids is 2. The zero-order valence-electron chi connectivity index (χ0n) is 9.44. The van der Waals surface area contributed by atoms with Gasteiger partial charge in [0.2, 0.25) is 0 Å². The first-order chi connectivity index (χ1) is 8.81. The van der Waals surface area contributed by atoms with E-state index in [1.165, 1.54) is 0 Å². The van der Waals surface area contributed by atoms with Gasteiger partial charge in [0, 0.05) is 16.7 Å². The van der Waals surface area contributed by atoms with Crippen LogP contribution in [0.2, 0.25) is 0 Å². The molecule has 0 heterocycles. The molecule has 2 aromatic rings. The highest BCUT2D eigenvalue weighted by Gasteiger charge is 2.25. The number of benzene rings is 2. The number of rotatable bonds is 0. The summed E-state index contributed by atoms with van der Waals surface area (Å²) >= 11 is 0. The molecule has 0 N–H and O–H groups in total. The van der Waals surface area contributed by atoms with Gasteiger partial charge in [-0.05, 0) is 29.2 Å². The van der Waals surface area contributed by atoms with Crippen molar-refractivity contribution >= 4 is 12.1 Å². The molecule has 2 aromatic carbocycles. The van der Waals surface area contributed by atoms with Crippen LogP contribution in [0.3, 0.4) is 0 Å². The van der Waals surface area contributed by atoms with E-state index >= 15 is 0 Å². The van der Waals surface area contributed by atoms with Crippen molar-refractivity contribution in [2.45, 2.75) is 0 Å². The molecule has 84 valence electrons. The summed E-state index contributed by atoms with van der Waals surface area (Å²) in [6.07, 6.45) is 0.545. The van der Waals surface area contributed by atoms with E-state index in [2.05, 4.69) is 11.8 Å². The summed E-state index contributed by atoms with van der Waals surface area (Å²) in [5.41, 5.74) is 3.98. The third-order valence-corrected chi connectivity index (χ3v) is 3.00. The molecule has 18 heavy (non-hydrogen) atoms. The number of hydrogen-bond acceptors (Lipinski definition) is 2. The zero-order valence-corrected chi connectivity index (χ0v) is 9.44. The van der Waals surface area contributed by atoms with E-state index in [1.54, 1.807) is 6.07 Å². The van der Waals surface area contributed by atoms with Crippen LogP contribution in [0.15, 0.2) is 42.5 Å². The first-order valence-corrected chi connectivity index (χ1v) is 5.54. The molecule has 1 aliphatic rings. The van der Waals surface area contributed by atoms with Gasteiger partial charge in [0.15, 0.2) is 12.1 Å². The lowest BCUT2D eigenvalue weighted by Gasteiger charge is -1.99. The maximum Gasteiger partial charge on any atom is 0.194 e. The van der Waals surface area contributed by atoms with Crippen LogP contribution in [0.25, 0.3) is 11.1 Å². The van der Waals surface area contributed by atoms with Crippen LogP contribution < -0.4 is 0 Å². The van der Waals surface area contributed by atoms with Crippen molar-refractivity contribution in [3.05, 3.63) is 59.2 Å². The largest absolute Gasteiger partial charge is 0.289 e. The van der Waals surface area contributed by atoms with E-state index in [-0.39, 0.29) is 5.78 Å². The molecule has 0 radical (unpaired) electrons. The van der Waals surface area contributed by atoms with Crippen molar-refractivity contribution in [3.63, 3.8) is 0 Å². The maximum absolute atomic E-state index is 12.2. The summed E-state index contributed by atoms with van der Waals surface area (Å²) < 4.78 is 0. The first kappa shape index (κ1) is 10.5. The van der Waals surface area contributed by atoms with Gasteiger partial charge in [0.05, 0.1) is 0 Å². The Morgan fingerprint density at radius 1 is 0.889 bits per heavy atom. The second kappa shape index (κ2) is 3.97. The minimum Gasteiger partial charge on any atom is -0.289 e. The lowest BCUT2D eigenvalue weighted by Crippen LogP contribution is -1.95. The second-order valence-electron chi connectivity index (χ2n) is 4.02. The molecule has 2 nitrogen and oxygen atoms in total. The minimum absolute atomic E-state index is 0.0235. The topological polar surface area (TPSA) is 34.1 Å². The molecule has 0 fully saturated rings. The van der Waals surface area contributed by atoms with Crippen molar-refractivity contribution in [1.29, 1.82) is 0 Å². The van der Waals surface area contributed by atoms with Crippen molar-refractivity contribution in [2.24, 2.45) is 0 Å². The number of fused-ring (bicyclic) bond motifs is 3. The third-order valence-electron chi connectivity index (χ3n) is 3.00. The van der Waals surface area contributed by atoms with Crippen LogP contribution in [0, 0.1) is 11.8 Å². The molecule has 0 spiro atoms. The van der Waals surface area contributed by atoms with Crippen molar-refractivity contribution in [3.8, 4) is 23.0 Å². The molecule has 1 aliphatic carbocycles. The third kappa shape index (κ3) is 1.46. The lowest BCUT2D eigenvalue weighted by molar-refractivity contribution is -0.103. The first-order valence-electron chi connectivity index (χ1n) is 5.54. The van der Waals surface area contributed by atoms with Gasteiger partial charge >= 0.3 is 0 Å². The van der Waals surface area contributed by atoms with Crippen LogP contribution in [0.1, 0.15) is 21.5 Å². The highest BCUT2D eigenvalue weighted by Crippen LogP contribution is 2.36. The number of hydrogen-bond donors (Lipinski definition) is 0. The molecule has 0 atom stereocenters. The second-order valence-corrected chi connectivity index (χ2v) is 4.02. The van der Waals surface area contributed by atoms with E-state index in [0.717, 1.165) is 16.7 Å². The van der Waals surface area contributed by atoms with Gasteiger partial charge in [-0.1, -0.05) is 36.3 Å². The molecule has 2 heteroatoms. The fourth-order valence-corrected chi connectivity index (χ4v) is 2.22. The van der Waals surface area contributed by atoms with Crippen LogP contribution in [-0.2, 0) is 4.79 Å². The molecule has 0 amide bonds. The smallest absolute Gasteiger partial charge is 0.194 e. The average molecular weight is 232 g/mol. The SMILES string of the molecule is O=CC#Cc1ccc2c(c1)C(=O)c1ccccc1-2. The van der Waals surface area contributed by atoms with Gasteiger partial charge in [-0.2, -0.15) is 0 Å². The van der Waals surface area contributed by atoms with Crippen LogP contribution in [0.4, 0.5) is 0 Å². The van der Waals surface area contributed by atoms with Gasteiger partial charge in [-0.15, -0.1) is 0 Å². The Balaban J connectivity index is 2.19. The molecule has 0 aliphatic heterocycles. The number of aldehydes is 1. The quantitative estimate of drug-likeness (QED) is 0.440. The van der Waals surface area contributed by atoms with E-state index in [4.69, 9.17) is 0 Å². The van der Waals surface area contributed by atoms with E-state index in [0.29, 0.717) is 17.4 Å². The summed E-state index contributed by atoms with van der Waals surface area (Å²) in [5.74, 6) is 5.07. The Kier molecular flexibility index (Phi) is 2.32. The van der Waals surface area contributed by atoms with Crippen molar-refractivity contribution in [2.75, 3.05) is 0 Å². The van der Waals surface area contributed by atoms with Gasteiger partial charge < -0.3 is 0 Å². The normalized spacial score (nSPS) is 11.2. The molecule has 0 bridgehead atoms. The summed E-state index contributed by atoms with van der Waals surface area (Å²) in [6, 6.07) is 13.0. The maximum atomic E-state index is 12.2. The summed E-state index contributed by atoms with van der Waals surface area (Å²) in [5, 5.41) is 0. The average Bonchev–Trinajstić information content (AvgIpc) is 2.71. The van der Waals surface area contributed by atoms with Crippen LogP contribution >= 0.6 is 0 Å². The predicted octanol–water partition coefficient (Wildman–Crippen LogP) is 2.45. The Bertz CT molecular complexity index is 730. The summed E-state index contributed by atoms with van der Waals surface area (Å²) in [6.45, 7) is 0. The van der Waals surface area contributed by atoms with Crippen molar-refractivity contribution in [1.82, 2.24) is 0 Å². The zero-order chi connectivity index (χ0) is 12.5. The molecule has 0 aromatic heterocycles. The molecule has 0 saturated carbocycles. The van der Waals surface area contributed by atoms with E-state index in [9.17, 15) is 9.59 Å². The molecular weight excluding hydrogens is 224 g/mol. The van der Waals surface area contributed by atoms with Crippen LogP contribution in [0.5, 0.6) is 0 Å². The summed E-state index contributed by atoms with van der Waals surface area (Å²) in [7, 11) is 0. The Morgan fingerprint density at radius 3 is 2.39 bits per heavy atom. The number of ketones is 1. The molecule has 3 rings (SSSR count). The lowest BCUT2D eigenvalue weighted by atomic mass is 10.0. The predicted molar refractivity (Wildman–Crippen MR) is 68.3 cm³/mol. The Morgan fingerprint density at radius 2 is 1.61 bits per heavy atom. The van der Waals surface area contributed by atoms with Crippen molar-refractivity contribution < 1.29 is 9.59 Å². The Labute approximate surface area is 104 Å². The van der Waals surface area contributed by atoms with Crippen LogP contribution in [-0.4, -0.2) is 12.1 Å². The molecule has 0 unspecified atom stereocenters. The van der Waals surface area contributed by atoms with Gasteiger partial charge in [0.1, 0.15) is 0 Å². The van der Waals surface area contributed by atoms with Gasteiger partial charge in [0.25, 0.3) is 0 Å². The van der Waals surface area contributed by atoms with E-state index in [1.807, 2.05) is 36.4 Å². The summed E-state index contributed by atoms with van der Waals surface area (Å²) in [4.78, 5) is 22.4. The highest BCUT2D eigenvalue weighted by atomic mass is 16.1. The van der Waals surface area contributed by atoms with E-state index < -0.39 is 0 Å². The highest BCUT2D eigenvalue weighted by molar-refractivity contribution is 6.21. The number of carbonyl (C=O) groups is 2. The fraction of sp³-hybridized carbons (Fsp3) is 0. The molecule has 0 saturated heterocycles. The monoisotopic (exact) mass is 232 g/mol. The standard InChI is InChI=1S/C16H8O2/c17-9-3-4-11-7-8-13-12-5-1-2-6-14(12)16(18)15(13)10-11/h1-2,5-10H. The fourth-order valence-electron chi connectivity index (χ4n) is 2.22. The van der Waals surface area contributed by atoms with Gasteiger partial charge in [-0.25, -0.2) is 0 Å². The molecular formula is C16H8O2. The van der Waals surface area contributed by atoms with Gasteiger partial charge in [-0.3, -0.25) is 9.59 Å². The Hall–Kier alpha value is -2.66. The minimum atomic E-state index is 0.0235.